The molecule has 2 atom stereocenters. The van der Waals surface area contributed by atoms with Crippen molar-refractivity contribution < 1.29 is 9.53 Å². The highest BCUT2D eigenvalue weighted by Gasteiger charge is 2.34. The number of pyridine rings is 1. The Morgan fingerprint density at radius 2 is 1.97 bits per heavy atom. The van der Waals surface area contributed by atoms with Crippen LogP contribution in [0, 0.1) is 6.92 Å². The number of H-pyrrole nitrogens is 1. The number of benzene rings is 1. The Hall–Kier alpha value is -3.16. The van der Waals surface area contributed by atoms with Crippen molar-refractivity contribution in [2.24, 2.45) is 0 Å². The summed E-state index contributed by atoms with van der Waals surface area (Å²) >= 11 is 0. The summed E-state index contributed by atoms with van der Waals surface area (Å²) in [7, 11) is 1.72. The molecule has 0 bridgehead atoms. The Balaban J connectivity index is 1.25. The summed E-state index contributed by atoms with van der Waals surface area (Å²) in [5, 5.41) is 9.13. The summed E-state index contributed by atoms with van der Waals surface area (Å²) in [5.41, 5.74) is 8.61. The second-order valence-electron chi connectivity index (χ2n) is 11.1. The molecule has 0 aliphatic carbocycles. The fourth-order valence-electron chi connectivity index (χ4n) is 6.38. The van der Waals surface area contributed by atoms with Crippen LogP contribution in [0.15, 0.2) is 42.7 Å². The average molecular weight is 500 g/mol. The van der Waals surface area contributed by atoms with E-state index in [2.05, 4.69) is 72.7 Å². The van der Waals surface area contributed by atoms with Gasteiger partial charge in [0, 0.05) is 55.6 Å². The number of methoxy groups -OCH3 is 1. The van der Waals surface area contributed by atoms with Gasteiger partial charge in [0.1, 0.15) is 0 Å². The molecule has 7 nitrogen and oxygen atoms in total. The van der Waals surface area contributed by atoms with Crippen molar-refractivity contribution in [1.29, 1.82) is 0 Å². The smallest absolute Gasteiger partial charge is 0.239 e. The minimum Gasteiger partial charge on any atom is -0.380 e. The number of aromatic amines is 1. The summed E-state index contributed by atoms with van der Waals surface area (Å²) in [6.45, 7) is 9.08. The maximum Gasteiger partial charge on any atom is 0.239 e. The van der Waals surface area contributed by atoms with Gasteiger partial charge in [-0.15, -0.1) is 0 Å². The minimum absolute atomic E-state index is 0.102. The SMILES string of the molecule is CO[C@H]1CN[C@H](C(=O)N2CCC(c3ccc4[nH]c(-c5cc(C)c6ccnn6c5)c(C(C)C)c4c3)CC2)C1. The molecule has 2 aliphatic rings. The number of nitrogens with zero attached hydrogens (tertiary/aromatic N) is 3. The predicted octanol–water partition coefficient (Wildman–Crippen LogP) is 5.00. The first kappa shape index (κ1) is 24.2. The highest BCUT2D eigenvalue weighted by Crippen LogP contribution is 2.38. The van der Waals surface area contributed by atoms with E-state index in [4.69, 9.17) is 4.74 Å². The number of likely N-dealkylation sites (tertiary alicyclic amines) is 1. The Morgan fingerprint density at radius 3 is 2.70 bits per heavy atom. The van der Waals surface area contributed by atoms with Crippen LogP contribution >= 0.6 is 0 Å². The van der Waals surface area contributed by atoms with Gasteiger partial charge in [-0.2, -0.15) is 5.10 Å². The van der Waals surface area contributed by atoms with Gasteiger partial charge in [0.25, 0.3) is 0 Å². The average Bonchev–Trinajstić information content (AvgIpc) is 3.66. The number of nitrogens with one attached hydrogen (secondary N) is 2. The Kier molecular flexibility index (Phi) is 6.29. The van der Waals surface area contributed by atoms with E-state index >= 15 is 0 Å². The van der Waals surface area contributed by atoms with Gasteiger partial charge < -0.3 is 19.9 Å². The molecule has 1 aromatic carbocycles. The van der Waals surface area contributed by atoms with Gasteiger partial charge >= 0.3 is 0 Å². The highest BCUT2D eigenvalue weighted by atomic mass is 16.5. The monoisotopic (exact) mass is 499 g/mol. The third kappa shape index (κ3) is 4.34. The summed E-state index contributed by atoms with van der Waals surface area (Å²) in [6, 6.07) is 11.1. The van der Waals surface area contributed by atoms with Gasteiger partial charge in [-0.3, -0.25) is 4.79 Å². The molecule has 0 radical (unpaired) electrons. The molecule has 3 aromatic heterocycles. The minimum atomic E-state index is -0.102. The Morgan fingerprint density at radius 1 is 1.16 bits per heavy atom. The molecular weight excluding hydrogens is 462 g/mol. The fraction of sp³-hybridized carbons (Fsp3) is 0.467. The lowest BCUT2D eigenvalue weighted by Gasteiger charge is -2.34. The van der Waals surface area contributed by atoms with Gasteiger partial charge in [-0.25, -0.2) is 4.52 Å². The molecule has 0 saturated carbocycles. The van der Waals surface area contributed by atoms with Gasteiger partial charge in [0.15, 0.2) is 0 Å². The molecule has 6 rings (SSSR count). The van der Waals surface area contributed by atoms with Gasteiger partial charge in [0.2, 0.25) is 5.91 Å². The van der Waals surface area contributed by atoms with Crippen molar-refractivity contribution in [3.63, 3.8) is 0 Å². The van der Waals surface area contributed by atoms with Crippen LogP contribution in [-0.4, -0.2) is 64.3 Å². The van der Waals surface area contributed by atoms with E-state index in [1.165, 1.54) is 38.9 Å². The van der Waals surface area contributed by atoms with Crippen LogP contribution in [0.1, 0.15) is 61.6 Å². The summed E-state index contributed by atoms with van der Waals surface area (Å²) in [5.74, 6) is 1.08. The van der Waals surface area contributed by atoms with E-state index in [1.54, 1.807) is 7.11 Å². The molecule has 7 heteroatoms. The van der Waals surface area contributed by atoms with Gasteiger partial charge in [-0.05, 0) is 79.0 Å². The molecule has 194 valence electrons. The molecule has 1 amide bonds. The first-order valence-corrected chi connectivity index (χ1v) is 13.6. The van der Waals surface area contributed by atoms with Gasteiger partial charge in [0.05, 0.1) is 23.4 Å². The molecule has 4 aromatic rings. The second kappa shape index (κ2) is 9.62. The lowest BCUT2D eigenvalue weighted by molar-refractivity contribution is -0.134. The first-order valence-electron chi connectivity index (χ1n) is 13.6. The highest BCUT2D eigenvalue weighted by molar-refractivity contribution is 5.92. The predicted molar refractivity (Wildman–Crippen MR) is 147 cm³/mol. The van der Waals surface area contributed by atoms with Crippen LogP contribution in [0.5, 0.6) is 0 Å². The molecule has 0 spiro atoms. The topological polar surface area (TPSA) is 74.7 Å². The number of aryl methyl sites for hydroxylation is 1. The quantitative estimate of drug-likeness (QED) is 0.405. The maximum atomic E-state index is 13.0. The molecule has 5 heterocycles. The van der Waals surface area contributed by atoms with Crippen LogP contribution < -0.4 is 5.32 Å². The van der Waals surface area contributed by atoms with E-state index in [1.807, 2.05) is 15.6 Å². The van der Waals surface area contributed by atoms with Crippen molar-refractivity contribution in [1.82, 2.24) is 24.8 Å². The third-order valence-electron chi connectivity index (χ3n) is 8.44. The second-order valence-corrected chi connectivity index (χ2v) is 11.1. The van der Waals surface area contributed by atoms with E-state index in [9.17, 15) is 4.79 Å². The molecular formula is C30H37N5O2. The van der Waals surface area contributed by atoms with E-state index in [0.717, 1.165) is 44.4 Å². The summed E-state index contributed by atoms with van der Waals surface area (Å²) in [6.07, 6.45) is 6.90. The molecule has 0 unspecified atom stereocenters. The number of carbonyl (C=O) groups excluding carboxylic acids is 1. The summed E-state index contributed by atoms with van der Waals surface area (Å²) < 4.78 is 7.40. The lowest BCUT2D eigenvalue weighted by Crippen LogP contribution is -2.46. The molecule has 2 saturated heterocycles. The molecule has 2 aliphatic heterocycles. The number of fused-ring (bicyclic) bond motifs is 2. The molecule has 2 N–H and O–H groups in total. The lowest BCUT2D eigenvalue weighted by atomic mass is 9.87. The number of carbonyl (C=O) groups is 1. The van der Waals surface area contributed by atoms with Crippen molar-refractivity contribution >= 4 is 22.3 Å². The normalized spacial score (nSPS) is 21.1. The number of hydrogen-bond donors (Lipinski definition) is 2. The van der Waals surface area contributed by atoms with Crippen molar-refractivity contribution in [3.05, 3.63) is 59.4 Å². The third-order valence-corrected chi connectivity index (χ3v) is 8.44. The standard InChI is InChI=1S/C30H37N5O2/c1-18(2)28-24-14-21(20-8-11-34(12-9-20)30(36)26-15-23(37-4)16-31-26)5-6-25(24)33-29(28)22-13-19(3)27-7-10-32-35(27)17-22/h5-7,10,13-14,17-18,20,23,26,31,33H,8-9,11-12,15-16H2,1-4H3/t23-,26+/m1/s1. The first-order chi connectivity index (χ1) is 17.9. The number of hydrogen-bond acceptors (Lipinski definition) is 4. The van der Waals surface area contributed by atoms with Crippen molar-refractivity contribution in [2.45, 2.75) is 64.0 Å². The number of amides is 1. The van der Waals surface area contributed by atoms with Crippen LogP contribution in [-0.2, 0) is 9.53 Å². The van der Waals surface area contributed by atoms with Crippen LogP contribution in [0.25, 0.3) is 27.7 Å². The Labute approximate surface area is 218 Å². The van der Waals surface area contributed by atoms with Crippen LogP contribution in [0.3, 0.4) is 0 Å². The number of ether oxygens (including phenoxy) is 1. The zero-order valence-electron chi connectivity index (χ0n) is 22.3. The summed E-state index contributed by atoms with van der Waals surface area (Å²) in [4.78, 5) is 18.8. The number of rotatable bonds is 5. The van der Waals surface area contributed by atoms with Crippen molar-refractivity contribution in [3.8, 4) is 11.3 Å². The van der Waals surface area contributed by atoms with Crippen LogP contribution in [0.2, 0.25) is 0 Å². The zero-order chi connectivity index (χ0) is 25.7. The van der Waals surface area contributed by atoms with Crippen LogP contribution in [0.4, 0.5) is 0 Å². The largest absolute Gasteiger partial charge is 0.380 e. The molecule has 2 fully saturated rings. The van der Waals surface area contributed by atoms with Crippen molar-refractivity contribution in [2.75, 3.05) is 26.7 Å². The maximum absolute atomic E-state index is 13.0. The Bertz CT molecular complexity index is 1440. The molecule has 37 heavy (non-hydrogen) atoms. The number of aromatic nitrogens is 3. The van der Waals surface area contributed by atoms with E-state index in [0.29, 0.717) is 11.8 Å². The van der Waals surface area contributed by atoms with E-state index in [-0.39, 0.29) is 18.1 Å². The zero-order valence-corrected chi connectivity index (χ0v) is 22.3. The fourth-order valence-corrected chi connectivity index (χ4v) is 6.38. The van der Waals surface area contributed by atoms with E-state index < -0.39 is 0 Å². The number of piperidine rings is 1. The van der Waals surface area contributed by atoms with Gasteiger partial charge in [-0.1, -0.05) is 19.9 Å².